The zero-order valence-electron chi connectivity index (χ0n) is 17.1. The number of rotatable bonds is 2. The van der Waals surface area contributed by atoms with Crippen molar-refractivity contribution in [1.29, 1.82) is 0 Å². The van der Waals surface area contributed by atoms with Crippen molar-refractivity contribution in [2.45, 2.75) is 53.2 Å². The summed E-state index contributed by atoms with van der Waals surface area (Å²) in [4.78, 5) is 26.1. The van der Waals surface area contributed by atoms with Crippen LogP contribution >= 0.6 is 0 Å². The van der Waals surface area contributed by atoms with Gasteiger partial charge in [-0.25, -0.2) is 5.01 Å². The van der Waals surface area contributed by atoms with E-state index < -0.39 is 18.6 Å². The molecule has 0 bridgehead atoms. The number of hydrazine groups is 1. The van der Waals surface area contributed by atoms with E-state index >= 15 is 0 Å². The van der Waals surface area contributed by atoms with E-state index in [4.69, 9.17) is 4.65 Å². The number of fused-ring (bicyclic) bond motifs is 1. The number of nitrogens with zero attached hydrogens (tertiary/aromatic N) is 1. The molecule has 1 atom stereocenters. The molecular formula is C21H27BN2O4. The number of carbonyl (C=O) groups excluding carboxylic acids is 2. The zero-order chi connectivity index (χ0) is 20.6. The fraction of sp³-hybridized carbons (Fsp3) is 0.429. The van der Waals surface area contributed by atoms with E-state index in [1.807, 2.05) is 33.8 Å². The zero-order valence-corrected chi connectivity index (χ0v) is 17.1. The number of allylic oxidation sites excluding steroid dienone is 3. The van der Waals surface area contributed by atoms with Gasteiger partial charge in [0.05, 0.1) is 12.1 Å². The second-order valence-electron chi connectivity index (χ2n) is 8.59. The SMILES string of the molecule is CC1=CC(C)CC(C(=O)N(NC(=O)c2ccc3c(c2)B(O)OC3)C(C)(C)C)=C1. The van der Waals surface area contributed by atoms with E-state index in [2.05, 4.69) is 18.4 Å². The summed E-state index contributed by atoms with van der Waals surface area (Å²) in [7, 11) is -1.02. The number of nitrogens with one attached hydrogen (secondary N) is 1. The van der Waals surface area contributed by atoms with Gasteiger partial charge < -0.3 is 9.68 Å². The summed E-state index contributed by atoms with van der Waals surface area (Å²) in [5.74, 6) is -0.328. The number of hydrogen-bond acceptors (Lipinski definition) is 4. The van der Waals surface area contributed by atoms with Gasteiger partial charge in [-0.2, -0.15) is 0 Å². The Labute approximate surface area is 166 Å². The Bertz CT molecular complexity index is 870. The average Bonchev–Trinajstić information content (AvgIpc) is 2.97. The first kappa shape index (κ1) is 20.4. The average molecular weight is 382 g/mol. The van der Waals surface area contributed by atoms with Gasteiger partial charge in [-0.05, 0) is 63.2 Å². The van der Waals surface area contributed by atoms with E-state index in [1.54, 1.807) is 18.2 Å². The summed E-state index contributed by atoms with van der Waals surface area (Å²) in [6.45, 7) is 10.00. The van der Waals surface area contributed by atoms with Gasteiger partial charge in [0, 0.05) is 11.1 Å². The van der Waals surface area contributed by atoms with Crippen LogP contribution in [-0.2, 0) is 16.1 Å². The smallest absolute Gasteiger partial charge is 0.423 e. The lowest BCUT2D eigenvalue weighted by Gasteiger charge is -2.36. The quantitative estimate of drug-likeness (QED) is 0.607. The molecule has 0 saturated heterocycles. The van der Waals surface area contributed by atoms with Crippen LogP contribution in [0.3, 0.4) is 0 Å². The van der Waals surface area contributed by atoms with E-state index in [0.717, 1.165) is 11.1 Å². The fourth-order valence-electron chi connectivity index (χ4n) is 3.57. The fourth-order valence-corrected chi connectivity index (χ4v) is 3.57. The van der Waals surface area contributed by atoms with Gasteiger partial charge in [0.25, 0.3) is 11.8 Å². The van der Waals surface area contributed by atoms with Crippen LogP contribution in [0.15, 0.2) is 41.5 Å². The second-order valence-corrected chi connectivity index (χ2v) is 8.59. The highest BCUT2D eigenvalue weighted by molar-refractivity contribution is 6.61. The molecule has 6 nitrogen and oxygen atoms in total. The van der Waals surface area contributed by atoms with Crippen LogP contribution in [0.25, 0.3) is 0 Å². The molecule has 0 aromatic heterocycles. The third-order valence-corrected chi connectivity index (χ3v) is 4.92. The lowest BCUT2D eigenvalue weighted by atomic mass is 9.79. The predicted octanol–water partition coefficient (Wildman–Crippen LogP) is 2.09. The van der Waals surface area contributed by atoms with E-state index in [1.165, 1.54) is 5.01 Å². The summed E-state index contributed by atoms with van der Waals surface area (Å²) in [6, 6.07) is 5.06. The topological polar surface area (TPSA) is 78.9 Å². The summed E-state index contributed by atoms with van der Waals surface area (Å²) in [6.07, 6.45) is 4.66. The van der Waals surface area contributed by atoms with Gasteiger partial charge in [0.1, 0.15) is 0 Å². The van der Waals surface area contributed by atoms with Crippen molar-refractivity contribution in [2.24, 2.45) is 5.92 Å². The summed E-state index contributed by atoms with van der Waals surface area (Å²) < 4.78 is 5.18. The first-order valence-electron chi connectivity index (χ1n) is 9.53. The minimum absolute atomic E-state index is 0.204. The second kappa shape index (κ2) is 7.56. The number of benzene rings is 1. The normalized spacial score (nSPS) is 18.9. The maximum Gasteiger partial charge on any atom is 0.491 e. The molecule has 148 valence electrons. The molecule has 28 heavy (non-hydrogen) atoms. The van der Waals surface area contributed by atoms with Crippen molar-refractivity contribution in [1.82, 2.24) is 10.4 Å². The first-order valence-corrected chi connectivity index (χ1v) is 9.53. The van der Waals surface area contributed by atoms with Gasteiger partial charge >= 0.3 is 7.12 Å². The molecule has 2 N–H and O–H groups in total. The van der Waals surface area contributed by atoms with Gasteiger partial charge in [-0.15, -0.1) is 0 Å². The van der Waals surface area contributed by atoms with Crippen LogP contribution in [0.4, 0.5) is 0 Å². The Morgan fingerprint density at radius 3 is 2.68 bits per heavy atom. The Balaban J connectivity index is 1.84. The minimum Gasteiger partial charge on any atom is -0.423 e. The van der Waals surface area contributed by atoms with E-state index in [-0.39, 0.29) is 11.8 Å². The highest BCUT2D eigenvalue weighted by Gasteiger charge is 2.33. The predicted molar refractivity (Wildman–Crippen MR) is 109 cm³/mol. The van der Waals surface area contributed by atoms with Gasteiger partial charge in [-0.3, -0.25) is 15.0 Å². The maximum absolute atomic E-state index is 13.2. The van der Waals surface area contributed by atoms with Crippen molar-refractivity contribution in [3.63, 3.8) is 0 Å². The van der Waals surface area contributed by atoms with Crippen LogP contribution in [0.2, 0.25) is 0 Å². The molecule has 3 rings (SSSR count). The molecule has 0 radical (unpaired) electrons. The summed E-state index contributed by atoms with van der Waals surface area (Å²) in [5, 5.41) is 11.3. The first-order chi connectivity index (χ1) is 13.1. The van der Waals surface area contributed by atoms with Crippen molar-refractivity contribution in [2.75, 3.05) is 0 Å². The minimum atomic E-state index is -1.02. The van der Waals surface area contributed by atoms with Crippen molar-refractivity contribution >= 4 is 24.4 Å². The summed E-state index contributed by atoms with van der Waals surface area (Å²) >= 11 is 0. The summed E-state index contributed by atoms with van der Waals surface area (Å²) in [5.41, 5.74) is 5.71. The largest absolute Gasteiger partial charge is 0.491 e. The Hall–Kier alpha value is -2.38. The molecule has 1 aliphatic heterocycles. The highest BCUT2D eigenvalue weighted by atomic mass is 16.5. The van der Waals surface area contributed by atoms with Crippen LogP contribution < -0.4 is 10.9 Å². The molecule has 1 aromatic carbocycles. The monoisotopic (exact) mass is 382 g/mol. The third kappa shape index (κ3) is 4.21. The molecule has 0 fully saturated rings. The Kier molecular flexibility index (Phi) is 5.50. The van der Waals surface area contributed by atoms with Crippen molar-refractivity contribution in [3.8, 4) is 0 Å². The molecule has 1 unspecified atom stereocenters. The van der Waals surface area contributed by atoms with Gasteiger partial charge in [0.2, 0.25) is 0 Å². The molecular weight excluding hydrogens is 355 g/mol. The van der Waals surface area contributed by atoms with Gasteiger partial charge in [0.15, 0.2) is 0 Å². The molecule has 7 heteroatoms. The standard InChI is InChI=1S/C21H27BN2O4/c1-13-8-14(2)10-17(9-13)20(26)24(21(3,4)5)23-19(25)15-6-7-16-12-28-22(27)18(16)11-15/h6-9,11,14,27H,10,12H2,1-5H3,(H,23,25). The van der Waals surface area contributed by atoms with Gasteiger partial charge in [-0.1, -0.05) is 30.7 Å². The Morgan fingerprint density at radius 1 is 1.32 bits per heavy atom. The van der Waals surface area contributed by atoms with E-state index in [9.17, 15) is 14.6 Å². The maximum atomic E-state index is 13.2. The number of carbonyl (C=O) groups is 2. The molecule has 1 aliphatic carbocycles. The molecule has 1 heterocycles. The van der Waals surface area contributed by atoms with Crippen LogP contribution in [-0.4, -0.2) is 34.5 Å². The molecule has 2 aliphatic rings. The lowest BCUT2D eigenvalue weighted by Crippen LogP contribution is -2.56. The Morgan fingerprint density at radius 2 is 2.04 bits per heavy atom. The number of amides is 2. The molecule has 1 aromatic rings. The van der Waals surface area contributed by atoms with Crippen LogP contribution in [0.1, 0.15) is 57.0 Å². The highest BCUT2D eigenvalue weighted by Crippen LogP contribution is 2.25. The number of hydrogen-bond donors (Lipinski definition) is 2. The van der Waals surface area contributed by atoms with Crippen molar-refractivity contribution in [3.05, 3.63) is 52.6 Å². The van der Waals surface area contributed by atoms with Crippen molar-refractivity contribution < 1.29 is 19.3 Å². The lowest BCUT2D eigenvalue weighted by molar-refractivity contribution is -0.135. The van der Waals surface area contributed by atoms with Crippen LogP contribution in [0.5, 0.6) is 0 Å². The molecule has 0 spiro atoms. The molecule has 0 saturated carbocycles. The van der Waals surface area contributed by atoms with Crippen LogP contribution in [0, 0.1) is 5.92 Å². The van der Waals surface area contributed by atoms with E-state index in [0.29, 0.717) is 29.6 Å². The molecule has 2 amide bonds. The third-order valence-electron chi connectivity index (χ3n) is 4.92.